The summed E-state index contributed by atoms with van der Waals surface area (Å²) >= 11 is 6.58. The quantitative estimate of drug-likeness (QED) is 0.427. The highest BCUT2D eigenvalue weighted by atomic mass is 79.9. The van der Waals surface area contributed by atoms with Crippen LogP contribution in [0.3, 0.4) is 0 Å². The molecule has 2 aromatic carbocycles. The SMILES string of the molecule is COc1ccc(NC(=O)/C(C#N)=C\c2cc(Br)c(OCC(=O)O)c(Br)c2)cc1. The third kappa shape index (κ3) is 5.84. The standard InChI is InChI=1S/C19H14Br2N2O5/c1-27-14-4-2-13(3-5-14)23-19(26)12(9-22)6-11-7-15(20)18(16(21)8-11)28-10-17(24)25/h2-8H,10H2,1H3,(H,23,26)(H,24,25)/b12-6-. The van der Waals surface area contributed by atoms with Crippen LogP contribution in [0.25, 0.3) is 6.08 Å². The first-order valence-electron chi connectivity index (χ1n) is 7.75. The molecule has 0 atom stereocenters. The number of halogens is 2. The molecule has 0 bridgehead atoms. The van der Waals surface area contributed by atoms with Crippen molar-refractivity contribution >= 4 is 55.5 Å². The number of nitriles is 1. The number of aliphatic carboxylic acids is 1. The van der Waals surface area contributed by atoms with Crippen LogP contribution in [0.1, 0.15) is 5.56 Å². The highest BCUT2D eigenvalue weighted by molar-refractivity contribution is 9.11. The van der Waals surface area contributed by atoms with Gasteiger partial charge < -0.3 is 19.9 Å². The fourth-order valence-electron chi connectivity index (χ4n) is 2.12. The third-order valence-electron chi connectivity index (χ3n) is 3.38. The van der Waals surface area contributed by atoms with Crippen molar-refractivity contribution in [3.05, 3.63) is 56.5 Å². The van der Waals surface area contributed by atoms with Gasteiger partial charge in [-0.3, -0.25) is 4.79 Å². The van der Waals surface area contributed by atoms with E-state index in [0.717, 1.165) is 0 Å². The minimum atomic E-state index is -1.11. The van der Waals surface area contributed by atoms with Gasteiger partial charge in [-0.2, -0.15) is 5.26 Å². The molecule has 0 aliphatic rings. The van der Waals surface area contributed by atoms with Gasteiger partial charge in [0.2, 0.25) is 0 Å². The molecule has 0 saturated carbocycles. The number of carbonyl (C=O) groups excluding carboxylic acids is 1. The average Bonchev–Trinajstić information content (AvgIpc) is 2.65. The van der Waals surface area contributed by atoms with Gasteiger partial charge in [-0.25, -0.2) is 4.79 Å². The monoisotopic (exact) mass is 508 g/mol. The third-order valence-corrected chi connectivity index (χ3v) is 4.56. The van der Waals surface area contributed by atoms with Gasteiger partial charge in [0.15, 0.2) is 6.61 Å². The summed E-state index contributed by atoms with van der Waals surface area (Å²) in [5, 5.41) is 20.7. The summed E-state index contributed by atoms with van der Waals surface area (Å²) in [6.45, 7) is -0.500. The van der Waals surface area contributed by atoms with E-state index >= 15 is 0 Å². The summed E-state index contributed by atoms with van der Waals surface area (Å²) in [4.78, 5) is 23.0. The van der Waals surface area contributed by atoms with Crippen LogP contribution in [-0.4, -0.2) is 30.7 Å². The number of ether oxygens (including phenoxy) is 2. The van der Waals surface area contributed by atoms with Crippen molar-refractivity contribution in [3.8, 4) is 17.6 Å². The van der Waals surface area contributed by atoms with Gasteiger partial charge in [0.1, 0.15) is 23.1 Å². The molecule has 0 aliphatic heterocycles. The lowest BCUT2D eigenvalue weighted by atomic mass is 10.1. The van der Waals surface area contributed by atoms with Crippen LogP contribution >= 0.6 is 31.9 Å². The summed E-state index contributed by atoms with van der Waals surface area (Å²) in [6, 6.07) is 11.8. The molecule has 28 heavy (non-hydrogen) atoms. The molecule has 0 unspecified atom stereocenters. The Labute approximate surface area is 177 Å². The zero-order chi connectivity index (χ0) is 20.7. The Balaban J connectivity index is 2.21. The van der Waals surface area contributed by atoms with Crippen molar-refractivity contribution in [3.63, 3.8) is 0 Å². The number of carboxylic acids is 1. The molecular weight excluding hydrogens is 496 g/mol. The fourth-order valence-corrected chi connectivity index (χ4v) is 3.57. The number of nitrogens with one attached hydrogen (secondary N) is 1. The Morgan fingerprint density at radius 3 is 2.32 bits per heavy atom. The second kappa shape index (κ2) is 9.92. The first-order valence-corrected chi connectivity index (χ1v) is 9.33. The second-order valence-corrected chi connectivity index (χ2v) is 7.06. The van der Waals surface area contributed by atoms with Crippen molar-refractivity contribution in [2.75, 3.05) is 19.0 Å². The zero-order valence-corrected chi connectivity index (χ0v) is 17.7. The van der Waals surface area contributed by atoms with E-state index in [9.17, 15) is 14.9 Å². The largest absolute Gasteiger partial charge is 0.497 e. The molecule has 144 valence electrons. The number of nitrogens with zero attached hydrogens (tertiary/aromatic N) is 1. The molecule has 2 aromatic rings. The fraction of sp³-hybridized carbons (Fsp3) is 0.105. The molecular formula is C19H14Br2N2O5. The summed E-state index contributed by atoms with van der Waals surface area (Å²) in [5.41, 5.74) is 0.961. The van der Waals surface area contributed by atoms with E-state index < -0.39 is 18.5 Å². The zero-order valence-electron chi connectivity index (χ0n) is 14.5. The van der Waals surface area contributed by atoms with Gasteiger partial charge in [0, 0.05) is 5.69 Å². The smallest absolute Gasteiger partial charge is 0.341 e. The molecule has 0 aromatic heterocycles. The van der Waals surface area contributed by atoms with E-state index in [1.165, 1.54) is 6.08 Å². The Kier molecular flexibility index (Phi) is 7.61. The van der Waals surface area contributed by atoms with E-state index in [-0.39, 0.29) is 5.57 Å². The van der Waals surface area contributed by atoms with Gasteiger partial charge in [0.05, 0.1) is 16.1 Å². The second-order valence-electron chi connectivity index (χ2n) is 5.35. The maximum Gasteiger partial charge on any atom is 0.341 e. The lowest BCUT2D eigenvalue weighted by molar-refractivity contribution is -0.139. The van der Waals surface area contributed by atoms with E-state index in [2.05, 4.69) is 37.2 Å². The molecule has 0 fully saturated rings. The molecule has 7 nitrogen and oxygen atoms in total. The molecule has 2 rings (SSSR count). The number of hydrogen-bond acceptors (Lipinski definition) is 5. The first-order chi connectivity index (χ1) is 13.3. The van der Waals surface area contributed by atoms with E-state index in [1.54, 1.807) is 43.5 Å². The Bertz CT molecular complexity index is 942. The number of amides is 1. The van der Waals surface area contributed by atoms with Crippen LogP contribution in [0.2, 0.25) is 0 Å². The molecule has 2 N–H and O–H groups in total. The van der Waals surface area contributed by atoms with Gasteiger partial charge in [-0.1, -0.05) is 0 Å². The first kappa shape index (κ1) is 21.5. The number of hydrogen-bond donors (Lipinski definition) is 2. The van der Waals surface area contributed by atoms with Crippen LogP contribution in [0.5, 0.6) is 11.5 Å². The van der Waals surface area contributed by atoms with Gasteiger partial charge >= 0.3 is 5.97 Å². The van der Waals surface area contributed by atoms with Crippen LogP contribution in [0, 0.1) is 11.3 Å². The summed E-state index contributed by atoms with van der Waals surface area (Å²) < 4.78 is 11.2. The predicted molar refractivity (Wildman–Crippen MR) is 110 cm³/mol. The number of rotatable bonds is 7. The topological polar surface area (TPSA) is 109 Å². The van der Waals surface area contributed by atoms with Gasteiger partial charge in [-0.05, 0) is 79.9 Å². The average molecular weight is 510 g/mol. The van der Waals surface area contributed by atoms with E-state index in [4.69, 9.17) is 14.6 Å². The molecule has 0 aliphatic carbocycles. The van der Waals surface area contributed by atoms with Crippen LogP contribution in [-0.2, 0) is 9.59 Å². The molecule has 1 amide bonds. The molecule has 0 radical (unpaired) electrons. The van der Waals surface area contributed by atoms with Crippen molar-refractivity contribution in [2.24, 2.45) is 0 Å². The van der Waals surface area contributed by atoms with Gasteiger partial charge in [-0.15, -0.1) is 0 Å². The highest BCUT2D eigenvalue weighted by Gasteiger charge is 2.13. The summed E-state index contributed by atoms with van der Waals surface area (Å²) in [7, 11) is 1.54. The summed E-state index contributed by atoms with van der Waals surface area (Å²) in [6.07, 6.45) is 1.41. The molecule has 0 saturated heterocycles. The molecule has 0 heterocycles. The number of anilines is 1. The van der Waals surface area contributed by atoms with Crippen molar-refractivity contribution in [1.29, 1.82) is 5.26 Å². The highest BCUT2D eigenvalue weighted by Crippen LogP contribution is 2.35. The number of carbonyl (C=O) groups is 2. The molecule has 9 heteroatoms. The predicted octanol–water partition coefficient (Wildman–Crippen LogP) is 4.23. The van der Waals surface area contributed by atoms with Crippen LogP contribution < -0.4 is 14.8 Å². The Morgan fingerprint density at radius 2 is 1.82 bits per heavy atom. The Morgan fingerprint density at radius 1 is 1.21 bits per heavy atom. The normalized spacial score (nSPS) is 10.7. The number of methoxy groups -OCH3 is 1. The van der Waals surface area contributed by atoms with Crippen molar-refractivity contribution in [2.45, 2.75) is 0 Å². The maximum atomic E-state index is 12.4. The van der Waals surface area contributed by atoms with Crippen molar-refractivity contribution in [1.82, 2.24) is 0 Å². The lowest BCUT2D eigenvalue weighted by Gasteiger charge is -2.10. The summed E-state index contributed by atoms with van der Waals surface area (Å²) in [5.74, 6) is -0.717. The minimum absolute atomic E-state index is 0.103. The number of benzene rings is 2. The molecule has 0 spiro atoms. The van der Waals surface area contributed by atoms with Crippen molar-refractivity contribution < 1.29 is 24.2 Å². The Hall–Kier alpha value is -2.83. The number of carboxylic acid groups (broad SMARTS) is 1. The van der Waals surface area contributed by atoms with E-state index in [1.807, 2.05) is 6.07 Å². The van der Waals surface area contributed by atoms with Crippen LogP contribution in [0.4, 0.5) is 5.69 Å². The minimum Gasteiger partial charge on any atom is -0.497 e. The van der Waals surface area contributed by atoms with E-state index in [0.29, 0.717) is 31.7 Å². The van der Waals surface area contributed by atoms with Crippen LogP contribution in [0.15, 0.2) is 50.9 Å². The van der Waals surface area contributed by atoms with Gasteiger partial charge in [0.25, 0.3) is 5.91 Å². The maximum absolute atomic E-state index is 12.4. The lowest BCUT2D eigenvalue weighted by Crippen LogP contribution is -2.13.